The topological polar surface area (TPSA) is 275 Å². The number of carboxylic acids is 2. The van der Waals surface area contributed by atoms with Gasteiger partial charge in [-0.3, -0.25) is 38.6 Å². The van der Waals surface area contributed by atoms with Gasteiger partial charge in [0.1, 0.15) is 30.2 Å². The lowest BCUT2D eigenvalue weighted by Gasteiger charge is -2.26. The zero-order chi connectivity index (χ0) is 34.3. The number of rotatable bonds is 20. The predicted octanol–water partition coefficient (Wildman–Crippen LogP) is -0.366. The van der Waals surface area contributed by atoms with Crippen LogP contribution in [0.5, 0.6) is 5.75 Å². The highest BCUT2D eigenvalue weighted by Crippen LogP contribution is 2.37. The average molecular weight is 659 g/mol. The van der Waals surface area contributed by atoms with Crippen molar-refractivity contribution in [2.24, 2.45) is 5.92 Å². The molecule has 8 N–H and O–H groups in total. The number of amides is 4. The van der Waals surface area contributed by atoms with Crippen molar-refractivity contribution in [2.45, 2.75) is 83.5 Å². The van der Waals surface area contributed by atoms with Gasteiger partial charge in [0.05, 0.1) is 6.04 Å². The summed E-state index contributed by atoms with van der Waals surface area (Å²) in [4.78, 5) is 103. The van der Waals surface area contributed by atoms with Crippen molar-refractivity contribution in [1.82, 2.24) is 21.3 Å². The lowest BCUT2D eigenvalue weighted by Crippen LogP contribution is -2.58. The molecule has 0 unspecified atom stereocenters. The fourth-order valence-corrected chi connectivity index (χ4v) is 4.36. The summed E-state index contributed by atoms with van der Waals surface area (Å²) in [6.45, 7) is 4.62. The largest absolute Gasteiger partial charge is 0.524 e. The van der Waals surface area contributed by atoms with Crippen LogP contribution in [0, 0.1) is 5.92 Å². The number of aldehydes is 1. The second-order valence-electron chi connectivity index (χ2n) is 10.2. The quantitative estimate of drug-likeness (QED) is 0.0657. The molecular formula is C27H39N4O13P. The maximum Gasteiger partial charge on any atom is 0.524 e. The molecule has 250 valence electrons. The smallest absolute Gasteiger partial charge is 0.481 e. The van der Waals surface area contributed by atoms with Gasteiger partial charge >= 0.3 is 19.8 Å². The molecule has 1 rings (SSSR count). The van der Waals surface area contributed by atoms with Gasteiger partial charge in [0, 0.05) is 26.2 Å². The van der Waals surface area contributed by atoms with Crippen LogP contribution in [0.4, 0.5) is 0 Å². The molecule has 0 fully saturated rings. The van der Waals surface area contributed by atoms with E-state index in [-0.39, 0.29) is 24.5 Å². The molecule has 0 bridgehead atoms. The molecule has 17 nitrogen and oxygen atoms in total. The third kappa shape index (κ3) is 15.3. The average Bonchev–Trinajstić information content (AvgIpc) is 2.94. The van der Waals surface area contributed by atoms with Gasteiger partial charge in [0.15, 0.2) is 0 Å². The fourth-order valence-electron chi connectivity index (χ4n) is 3.96. The zero-order valence-corrected chi connectivity index (χ0v) is 25.8. The lowest BCUT2D eigenvalue weighted by atomic mass is 9.99. The number of phosphoric acid groups is 1. The van der Waals surface area contributed by atoms with Crippen LogP contribution in [0.25, 0.3) is 0 Å². The minimum atomic E-state index is -4.82. The molecule has 45 heavy (non-hydrogen) atoms. The second kappa shape index (κ2) is 18.5. The van der Waals surface area contributed by atoms with Gasteiger partial charge in [-0.25, -0.2) is 4.57 Å². The highest BCUT2D eigenvalue weighted by molar-refractivity contribution is 7.46. The molecule has 0 aliphatic rings. The number of nitrogens with one attached hydrogen (secondary N) is 4. The van der Waals surface area contributed by atoms with E-state index in [0.717, 1.165) is 6.92 Å². The number of hydrogen-bond donors (Lipinski definition) is 8. The van der Waals surface area contributed by atoms with E-state index < -0.39 is 86.8 Å². The fraction of sp³-hybridized carbons (Fsp3) is 0.519. The van der Waals surface area contributed by atoms with Crippen LogP contribution in [-0.2, 0) is 44.5 Å². The van der Waals surface area contributed by atoms with Crippen LogP contribution >= 0.6 is 7.82 Å². The first-order chi connectivity index (χ1) is 20.9. The van der Waals surface area contributed by atoms with Gasteiger partial charge in [0.25, 0.3) is 0 Å². The highest BCUT2D eigenvalue weighted by atomic mass is 31.2. The maximum atomic E-state index is 13.3. The molecule has 0 radical (unpaired) electrons. The Kier molecular flexibility index (Phi) is 15.9. The van der Waals surface area contributed by atoms with Crippen LogP contribution in [0.3, 0.4) is 0 Å². The van der Waals surface area contributed by atoms with Crippen molar-refractivity contribution in [1.29, 1.82) is 0 Å². The van der Waals surface area contributed by atoms with Crippen molar-refractivity contribution in [2.75, 3.05) is 0 Å². The Balaban J connectivity index is 3.21. The molecule has 18 heteroatoms. The molecule has 4 amide bonds. The summed E-state index contributed by atoms with van der Waals surface area (Å²) in [5.74, 6) is -6.41. The van der Waals surface area contributed by atoms with Crippen molar-refractivity contribution < 1.29 is 62.7 Å². The monoisotopic (exact) mass is 658 g/mol. The van der Waals surface area contributed by atoms with Gasteiger partial charge in [0.2, 0.25) is 23.6 Å². The Bertz CT molecular complexity index is 1270. The number of phosphoric ester groups is 1. The Morgan fingerprint density at radius 1 is 0.822 bits per heavy atom. The first-order valence-corrected chi connectivity index (χ1v) is 15.4. The molecule has 0 saturated carbocycles. The number of benzene rings is 1. The van der Waals surface area contributed by atoms with Gasteiger partial charge in [-0.15, -0.1) is 0 Å². The SMILES string of the molecule is CC[C@H](C)[C@@H](C=O)NC(=O)[C@H](CCC(=O)O)NC(=O)[C@H](CCC(=O)O)NC(=O)[C@H](Cc1ccc(OP(=O)(O)O)cc1)NC(C)=O. The van der Waals surface area contributed by atoms with Gasteiger partial charge in [-0.05, 0) is 36.5 Å². The highest BCUT2D eigenvalue weighted by Gasteiger charge is 2.31. The molecule has 0 heterocycles. The summed E-state index contributed by atoms with van der Waals surface area (Å²) in [5, 5.41) is 27.9. The zero-order valence-electron chi connectivity index (χ0n) is 24.9. The number of aliphatic carboxylic acids is 2. The second-order valence-corrected chi connectivity index (χ2v) is 11.4. The van der Waals surface area contributed by atoms with E-state index in [1.807, 2.05) is 0 Å². The third-order valence-electron chi connectivity index (χ3n) is 6.55. The van der Waals surface area contributed by atoms with Crippen LogP contribution in [0.15, 0.2) is 24.3 Å². The molecular weight excluding hydrogens is 619 g/mol. The number of carbonyl (C=O) groups is 7. The van der Waals surface area contributed by atoms with Crippen LogP contribution in [0.1, 0.15) is 58.4 Å². The summed E-state index contributed by atoms with van der Waals surface area (Å²) < 4.78 is 15.5. The Labute approximate surface area is 258 Å². The Morgan fingerprint density at radius 2 is 1.29 bits per heavy atom. The Hall–Kier alpha value is -4.34. The van der Waals surface area contributed by atoms with Crippen molar-refractivity contribution in [3.8, 4) is 5.75 Å². The van der Waals surface area contributed by atoms with Crippen LogP contribution < -0.4 is 25.8 Å². The lowest BCUT2D eigenvalue weighted by molar-refractivity contribution is -0.140. The molecule has 0 aliphatic carbocycles. The normalized spacial score (nSPS) is 14.4. The summed E-state index contributed by atoms with van der Waals surface area (Å²) in [5.41, 5.74) is 0.407. The van der Waals surface area contributed by atoms with Crippen molar-refractivity contribution >= 4 is 49.7 Å². The van der Waals surface area contributed by atoms with Gasteiger partial charge < -0.3 is 40.8 Å². The summed E-state index contributed by atoms with van der Waals surface area (Å²) >= 11 is 0. The molecule has 0 spiro atoms. The van der Waals surface area contributed by atoms with E-state index in [4.69, 9.17) is 14.9 Å². The van der Waals surface area contributed by atoms with Gasteiger partial charge in [-0.2, -0.15) is 0 Å². The minimum Gasteiger partial charge on any atom is -0.481 e. The van der Waals surface area contributed by atoms with E-state index in [9.17, 15) is 43.2 Å². The van der Waals surface area contributed by atoms with E-state index in [2.05, 4.69) is 25.8 Å². The number of hydrogen-bond acceptors (Lipinski definition) is 9. The summed E-state index contributed by atoms with van der Waals surface area (Å²) in [7, 11) is -4.82. The van der Waals surface area contributed by atoms with Crippen molar-refractivity contribution in [3.63, 3.8) is 0 Å². The van der Waals surface area contributed by atoms with E-state index in [0.29, 0.717) is 18.3 Å². The summed E-state index contributed by atoms with van der Waals surface area (Å²) in [6.07, 6.45) is -1.07. The molecule has 0 saturated heterocycles. The van der Waals surface area contributed by atoms with Crippen LogP contribution in [0.2, 0.25) is 0 Å². The Morgan fingerprint density at radius 3 is 1.69 bits per heavy atom. The third-order valence-corrected chi connectivity index (χ3v) is 7.00. The molecule has 5 atom stereocenters. The van der Waals surface area contributed by atoms with Gasteiger partial charge in [-0.1, -0.05) is 32.4 Å². The molecule has 1 aromatic rings. The first-order valence-electron chi connectivity index (χ1n) is 13.9. The molecule has 0 aliphatic heterocycles. The maximum absolute atomic E-state index is 13.3. The van der Waals surface area contributed by atoms with E-state index in [1.54, 1.807) is 13.8 Å². The van der Waals surface area contributed by atoms with E-state index in [1.165, 1.54) is 24.3 Å². The number of carbonyl (C=O) groups excluding carboxylic acids is 5. The predicted molar refractivity (Wildman–Crippen MR) is 155 cm³/mol. The molecule has 0 aromatic heterocycles. The first kappa shape index (κ1) is 38.7. The summed E-state index contributed by atoms with van der Waals surface area (Å²) in [6, 6.07) is -0.0301. The molecule has 1 aromatic carbocycles. The minimum absolute atomic E-state index is 0.164. The standard InChI is InChI=1S/C27H39N4O13P/c1-4-15(2)22(14-32)31-26(39)20(10-12-24(36)37)29-25(38)19(9-11-23(34)35)30-27(40)21(28-16(3)33)13-17-5-7-18(8-6-17)44-45(41,42)43/h5-8,14-15,19-22H,4,9-13H2,1-3H3,(H,28,33)(H,29,38)(H,30,40)(H,31,39)(H,34,35)(H,36,37)(H2,41,42,43)/t15-,19-,20-,21-,22+/m0/s1. The van der Waals surface area contributed by atoms with Crippen molar-refractivity contribution in [3.05, 3.63) is 29.8 Å². The van der Waals surface area contributed by atoms with E-state index >= 15 is 0 Å². The number of carboxylic acid groups (broad SMARTS) is 2. The van der Waals surface area contributed by atoms with Crippen LogP contribution in [-0.4, -0.2) is 86.0 Å².